The van der Waals surface area contributed by atoms with Crippen LogP contribution in [0.5, 0.6) is 11.5 Å². The molecule has 0 bridgehead atoms. The number of rotatable bonds is 9. The van der Waals surface area contributed by atoms with Crippen molar-refractivity contribution in [3.05, 3.63) is 120 Å². The second-order valence-electron chi connectivity index (χ2n) is 9.26. The third-order valence-corrected chi connectivity index (χ3v) is 8.40. The van der Waals surface area contributed by atoms with Crippen LogP contribution in [-0.4, -0.2) is 30.5 Å². The first-order valence-corrected chi connectivity index (χ1v) is 15.2. The normalized spacial score (nSPS) is 14.8. The number of esters is 1. The zero-order valence-corrected chi connectivity index (χ0v) is 24.9. The molecule has 0 saturated heterocycles. The number of thioether (sulfide) groups is 1. The molecular weight excluding hydrogens is 556 g/mol. The molecule has 0 spiro atoms. The molecule has 0 amide bonds. The third kappa shape index (κ3) is 6.01. The van der Waals surface area contributed by atoms with Gasteiger partial charge in [0.05, 0.1) is 35.6 Å². The fourth-order valence-electron chi connectivity index (χ4n) is 4.67. The van der Waals surface area contributed by atoms with Crippen molar-refractivity contribution in [1.29, 1.82) is 0 Å². The van der Waals surface area contributed by atoms with E-state index >= 15 is 0 Å². The van der Waals surface area contributed by atoms with Gasteiger partial charge in [-0.2, -0.15) is 0 Å². The van der Waals surface area contributed by atoms with Crippen molar-refractivity contribution in [2.75, 3.05) is 20.0 Å². The summed E-state index contributed by atoms with van der Waals surface area (Å²) >= 11 is 2.91. The first kappa shape index (κ1) is 28.4. The fourth-order valence-corrected chi connectivity index (χ4v) is 6.13. The van der Waals surface area contributed by atoms with Crippen LogP contribution in [0.25, 0.3) is 6.08 Å². The number of thiazole rings is 1. The molecule has 210 valence electrons. The van der Waals surface area contributed by atoms with Crippen molar-refractivity contribution < 1.29 is 19.0 Å². The monoisotopic (exact) mass is 586 g/mol. The molecule has 1 aliphatic rings. The Morgan fingerprint density at radius 2 is 1.83 bits per heavy atom. The highest BCUT2D eigenvalue weighted by atomic mass is 32.2. The largest absolute Gasteiger partial charge is 0.493 e. The van der Waals surface area contributed by atoms with E-state index in [0.717, 1.165) is 21.6 Å². The molecule has 0 N–H and O–H groups in total. The molecule has 5 rings (SSSR count). The molecule has 0 radical (unpaired) electrons. The van der Waals surface area contributed by atoms with Crippen molar-refractivity contribution in [2.24, 2.45) is 4.99 Å². The van der Waals surface area contributed by atoms with Crippen molar-refractivity contribution in [3.8, 4) is 11.5 Å². The summed E-state index contributed by atoms with van der Waals surface area (Å²) in [7, 11) is 1.59. The van der Waals surface area contributed by atoms with E-state index in [4.69, 9.17) is 14.2 Å². The maximum absolute atomic E-state index is 13.9. The summed E-state index contributed by atoms with van der Waals surface area (Å²) in [4.78, 5) is 33.2. The van der Waals surface area contributed by atoms with E-state index in [-0.39, 0.29) is 12.2 Å². The second-order valence-corrected chi connectivity index (χ2v) is 11.1. The number of ether oxygens (including phenoxy) is 3. The number of hydrogen-bond acceptors (Lipinski definition) is 8. The van der Waals surface area contributed by atoms with Crippen molar-refractivity contribution in [1.82, 2.24) is 4.57 Å². The van der Waals surface area contributed by atoms with Gasteiger partial charge >= 0.3 is 5.97 Å². The molecule has 9 heteroatoms. The Labute approximate surface area is 246 Å². The molecule has 4 aromatic rings. The molecule has 2 heterocycles. The molecule has 0 saturated carbocycles. The van der Waals surface area contributed by atoms with Gasteiger partial charge in [0.25, 0.3) is 5.56 Å². The van der Waals surface area contributed by atoms with Gasteiger partial charge in [-0.15, -0.1) is 11.8 Å². The highest BCUT2D eigenvalue weighted by Gasteiger charge is 2.33. The Hall–Kier alpha value is -4.08. The molecule has 0 fully saturated rings. The smallest absolute Gasteiger partial charge is 0.338 e. The summed E-state index contributed by atoms with van der Waals surface area (Å²) in [6, 6.07) is 22.7. The summed E-state index contributed by atoms with van der Waals surface area (Å²) < 4.78 is 19.1. The maximum atomic E-state index is 13.9. The van der Waals surface area contributed by atoms with E-state index in [9.17, 15) is 9.59 Å². The SMILES string of the molecule is CCOC(=O)C1=C(C)N=c2s/c(=C\c3ccc(OCc4ccccc4)c(OC)c3)c(=O)n2C1c1ccc(SC)cc1. The van der Waals surface area contributed by atoms with Crippen molar-refractivity contribution in [3.63, 3.8) is 0 Å². The number of methoxy groups -OCH3 is 1. The van der Waals surface area contributed by atoms with Crippen LogP contribution < -0.4 is 24.4 Å². The molecular formula is C32H30N2O5S2. The Morgan fingerprint density at radius 3 is 2.51 bits per heavy atom. The molecule has 7 nitrogen and oxygen atoms in total. The van der Waals surface area contributed by atoms with E-state index in [1.54, 1.807) is 37.3 Å². The maximum Gasteiger partial charge on any atom is 0.338 e. The first-order valence-electron chi connectivity index (χ1n) is 13.1. The summed E-state index contributed by atoms with van der Waals surface area (Å²) in [6.45, 7) is 4.18. The standard InChI is InChI=1S/C32H30N2O5S2/c1-5-38-31(36)28-20(2)33-32-34(29(28)23-12-14-24(40-4)15-13-23)30(35)27(41-32)18-22-11-16-25(26(17-22)37-3)39-19-21-9-7-6-8-10-21/h6-18,29H,5,19H2,1-4H3/b27-18-. The van der Waals surface area contributed by atoms with E-state index in [2.05, 4.69) is 4.99 Å². The lowest BCUT2D eigenvalue weighted by molar-refractivity contribution is -0.139. The van der Waals surface area contributed by atoms with Crippen molar-refractivity contribution in [2.45, 2.75) is 31.4 Å². The van der Waals surface area contributed by atoms with Gasteiger partial charge in [-0.25, -0.2) is 9.79 Å². The minimum atomic E-state index is -0.647. The molecule has 41 heavy (non-hydrogen) atoms. The highest BCUT2D eigenvalue weighted by molar-refractivity contribution is 7.98. The van der Waals surface area contributed by atoms with Gasteiger partial charge in [0.1, 0.15) is 6.61 Å². The molecule has 1 aliphatic heterocycles. The average Bonchev–Trinajstić information content (AvgIpc) is 3.30. The molecule has 1 unspecified atom stereocenters. The Morgan fingerprint density at radius 1 is 1.07 bits per heavy atom. The van der Waals surface area contributed by atoms with Gasteiger partial charge in [-0.05, 0) is 67.1 Å². The zero-order chi connectivity index (χ0) is 28.9. The fraction of sp³-hybridized carbons (Fsp3) is 0.219. The molecule has 1 aromatic heterocycles. The van der Waals surface area contributed by atoms with E-state index in [1.807, 2.05) is 85.1 Å². The molecule has 0 aliphatic carbocycles. The number of carbonyl (C=O) groups excluding carboxylic acids is 1. The number of aromatic nitrogens is 1. The van der Waals surface area contributed by atoms with Crippen LogP contribution in [0.15, 0.2) is 98.7 Å². The number of fused-ring (bicyclic) bond motifs is 1. The zero-order valence-electron chi connectivity index (χ0n) is 23.2. The highest BCUT2D eigenvalue weighted by Crippen LogP contribution is 2.32. The minimum absolute atomic E-state index is 0.227. The lowest BCUT2D eigenvalue weighted by Crippen LogP contribution is -2.39. The second kappa shape index (κ2) is 12.6. The summed E-state index contributed by atoms with van der Waals surface area (Å²) in [5.74, 6) is 0.700. The number of nitrogens with zero attached hydrogens (tertiary/aromatic N) is 2. The van der Waals surface area contributed by atoms with Crippen molar-refractivity contribution >= 4 is 35.1 Å². The van der Waals surface area contributed by atoms with Crippen LogP contribution in [0, 0.1) is 0 Å². The summed E-state index contributed by atoms with van der Waals surface area (Å²) in [5, 5.41) is 0. The van der Waals surface area contributed by atoms with Gasteiger partial charge in [-0.3, -0.25) is 9.36 Å². The van der Waals surface area contributed by atoms with Gasteiger partial charge in [0, 0.05) is 4.90 Å². The van der Waals surface area contributed by atoms with Gasteiger partial charge in [0.2, 0.25) is 0 Å². The van der Waals surface area contributed by atoms with Crippen LogP contribution in [0.1, 0.15) is 36.6 Å². The van der Waals surface area contributed by atoms with E-state index in [0.29, 0.717) is 38.7 Å². The van der Waals surface area contributed by atoms with E-state index in [1.165, 1.54) is 11.3 Å². The summed E-state index contributed by atoms with van der Waals surface area (Å²) in [5.41, 5.74) is 3.32. The van der Waals surface area contributed by atoms with Crippen LogP contribution in [-0.2, 0) is 16.1 Å². The van der Waals surface area contributed by atoms with Crippen LogP contribution >= 0.6 is 23.1 Å². The Balaban J connectivity index is 1.55. The van der Waals surface area contributed by atoms with Gasteiger partial charge in [-0.1, -0.05) is 59.9 Å². The minimum Gasteiger partial charge on any atom is -0.493 e. The predicted molar refractivity (Wildman–Crippen MR) is 162 cm³/mol. The number of carbonyl (C=O) groups is 1. The number of hydrogen-bond donors (Lipinski definition) is 0. The van der Waals surface area contributed by atoms with Crippen LogP contribution in [0.3, 0.4) is 0 Å². The Bertz CT molecular complexity index is 1770. The van der Waals surface area contributed by atoms with Crippen LogP contribution in [0.4, 0.5) is 0 Å². The van der Waals surface area contributed by atoms with E-state index < -0.39 is 12.0 Å². The third-order valence-electron chi connectivity index (χ3n) is 6.67. The quantitative estimate of drug-likeness (QED) is 0.200. The summed E-state index contributed by atoms with van der Waals surface area (Å²) in [6.07, 6.45) is 3.81. The first-order chi connectivity index (χ1) is 19.9. The predicted octanol–water partition coefficient (Wildman–Crippen LogP) is 5.11. The number of allylic oxidation sites excluding steroid dienone is 1. The lowest BCUT2D eigenvalue weighted by atomic mass is 9.96. The van der Waals surface area contributed by atoms with Gasteiger partial charge in [0.15, 0.2) is 16.3 Å². The lowest BCUT2D eigenvalue weighted by Gasteiger charge is -2.24. The van der Waals surface area contributed by atoms with Gasteiger partial charge < -0.3 is 14.2 Å². The Kier molecular flexibility index (Phi) is 8.75. The molecule has 3 aromatic carbocycles. The topological polar surface area (TPSA) is 79.1 Å². The molecule has 1 atom stereocenters. The van der Waals surface area contributed by atoms with Crippen LogP contribution in [0.2, 0.25) is 0 Å². The number of benzene rings is 3. The average molecular weight is 587 g/mol.